The molecule has 1 aliphatic heterocycles. The summed E-state index contributed by atoms with van der Waals surface area (Å²) in [6.45, 7) is 0.315. The smallest absolute Gasteiger partial charge is 0.320 e. The van der Waals surface area contributed by atoms with Gasteiger partial charge in [-0.15, -0.1) is 10.2 Å². The fraction of sp³-hybridized carbons (Fsp3) is 0.238. The van der Waals surface area contributed by atoms with Gasteiger partial charge in [0.05, 0.1) is 17.3 Å². The van der Waals surface area contributed by atoms with E-state index in [1.54, 1.807) is 0 Å². The molecule has 1 saturated heterocycles. The Bertz CT molecular complexity index is 1180. The maximum absolute atomic E-state index is 13.3. The number of carbonyl (C=O) groups is 2. The van der Waals surface area contributed by atoms with Crippen LogP contribution in [-0.2, 0) is 6.18 Å². The second-order valence-corrected chi connectivity index (χ2v) is 8.24. The number of benzene rings is 2. The number of hydrogen-bond acceptors (Lipinski definition) is 5. The van der Waals surface area contributed by atoms with E-state index in [0.29, 0.717) is 24.4 Å². The Morgan fingerprint density at radius 3 is 2.61 bits per heavy atom. The second kappa shape index (κ2) is 9.14. The zero-order chi connectivity index (χ0) is 23.6. The number of amides is 3. The van der Waals surface area contributed by atoms with Crippen molar-refractivity contribution < 1.29 is 27.2 Å². The standard InChI is InChI=1S/C21H17F4N5O2S/c22-12-5-3-6-13(11-12)26-17(31)19-29-28-18(33-19)16-9-4-10-30(16)20(32)27-15-8-2-1-7-14(15)21(23,24)25/h1-3,5-8,11,16H,4,9-10H2,(H,26,31)(H,27,32). The van der Waals surface area contributed by atoms with E-state index in [-0.39, 0.29) is 16.4 Å². The Hall–Kier alpha value is -3.54. The lowest BCUT2D eigenvalue weighted by Gasteiger charge is -2.24. The summed E-state index contributed by atoms with van der Waals surface area (Å²) in [6, 6.07) is 8.86. The minimum absolute atomic E-state index is 0.0175. The highest BCUT2D eigenvalue weighted by molar-refractivity contribution is 7.13. The molecular formula is C21H17F4N5O2S. The number of halogens is 4. The number of alkyl halides is 3. The Labute approximate surface area is 189 Å². The number of rotatable bonds is 4. The van der Waals surface area contributed by atoms with Crippen molar-refractivity contribution in [3.8, 4) is 0 Å². The molecule has 0 bridgehead atoms. The molecule has 7 nitrogen and oxygen atoms in total. The second-order valence-electron chi connectivity index (χ2n) is 7.23. The third-order valence-corrected chi connectivity index (χ3v) is 6.01. The first-order valence-electron chi connectivity index (χ1n) is 9.86. The Morgan fingerprint density at radius 2 is 1.85 bits per heavy atom. The number of carbonyl (C=O) groups excluding carboxylic acids is 2. The number of para-hydroxylation sites is 1. The SMILES string of the molecule is O=C(Nc1cccc(F)c1)c1nnc(C2CCCN2C(=O)Nc2ccccc2C(F)(F)F)s1. The maximum atomic E-state index is 13.3. The number of aromatic nitrogens is 2. The molecule has 1 aliphatic rings. The Morgan fingerprint density at radius 1 is 1.06 bits per heavy atom. The molecule has 1 aromatic heterocycles. The van der Waals surface area contributed by atoms with Crippen LogP contribution in [0.4, 0.5) is 33.7 Å². The highest BCUT2D eigenvalue weighted by atomic mass is 32.1. The summed E-state index contributed by atoms with van der Waals surface area (Å²) in [5, 5.41) is 13.1. The molecule has 12 heteroatoms. The zero-order valence-electron chi connectivity index (χ0n) is 16.9. The summed E-state index contributed by atoms with van der Waals surface area (Å²) < 4.78 is 53.0. The molecule has 3 aromatic rings. The summed E-state index contributed by atoms with van der Waals surface area (Å²) in [5.74, 6) is -1.09. The van der Waals surface area contributed by atoms with E-state index in [9.17, 15) is 27.2 Å². The molecule has 0 spiro atoms. The molecule has 1 atom stereocenters. The zero-order valence-corrected chi connectivity index (χ0v) is 17.7. The fourth-order valence-electron chi connectivity index (χ4n) is 3.50. The van der Waals surface area contributed by atoms with E-state index < -0.39 is 35.5 Å². The number of nitrogens with one attached hydrogen (secondary N) is 2. The lowest BCUT2D eigenvalue weighted by atomic mass is 10.1. The maximum Gasteiger partial charge on any atom is 0.418 e. The number of hydrogen-bond donors (Lipinski definition) is 2. The largest absolute Gasteiger partial charge is 0.418 e. The van der Waals surface area contributed by atoms with Crippen LogP contribution in [0.3, 0.4) is 0 Å². The van der Waals surface area contributed by atoms with Gasteiger partial charge in [0.25, 0.3) is 5.91 Å². The molecule has 3 amide bonds. The molecule has 2 N–H and O–H groups in total. The summed E-state index contributed by atoms with van der Waals surface area (Å²) in [5.41, 5.74) is -1.03. The Balaban J connectivity index is 1.47. The van der Waals surface area contributed by atoms with Crippen molar-refractivity contribution in [1.29, 1.82) is 0 Å². The van der Waals surface area contributed by atoms with Crippen LogP contribution in [0, 0.1) is 5.82 Å². The van der Waals surface area contributed by atoms with Gasteiger partial charge in [-0.1, -0.05) is 29.5 Å². The number of nitrogens with zero attached hydrogens (tertiary/aromatic N) is 3. The summed E-state index contributed by atoms with van der Waals surface area (Å²) in [7, 11) is 0. The van der Waals surface area contributed by atoms with Crippen molar-refractivity contribution in [2.24, 2.45) is 0 Å². The van der Waals surface area contributed by atoms with Crippen LogP contribution in [0.2, 0.25) is 0 Å². The fourth-order valence-corrected chi connectivity index (χ4v) is 4.39. The van der Waals surface area contributed by atoms with Gasteiger partial charge in [-0.3, -0.25) is 4.79 Å². The van der Waals surface area contributed by atoms with Crippen LogP contribution in [-0.4, -0.2) is 33.6 Å². The van der Waals surface area contributed by atoms with Crippen molar-refractivity contribution in [2.75, 3.05) is 17.2 Å². The lowest BCUT2D eigenvalue weighted by Crippen LogP contribution is -2.35. The van der Waals surface area contributed by atoms with Gasteiger partial charge in [-0.25, -0.2) is 9.18 Å². The molecule has 1 unspecified atom stereocenters. The topological polar surface area (TPSA) is 87.2 Å². The van der Waals surface area contributed by atoms with Crippen LogP contribution >= 0.6 is 11.3 Å². The van der Waals surface area contributed by atoms with Crippen LogP contribution in [0.1, 0.15) is 39.3 Å². The van der Waals surface area contributed by atoms with Crippen molar-refractivity contribution in [1.82, 2.24) is 15.1 Å². The quantitative estimate of drug-likeness (QED) is 0.496. The molecule has 0 aliphatic carbocycles. The highest BCUT2D eigenvalue weighted by Crippen LogP contribution is 2.37. The van der Waals surface area contributed by atoms with Crippen molar-refractivity contribution in [3.05, 3.63) is 69.9 Å². The number of urea groups is 1. The van der Waals surface area contributed by atoms with E-state index >= 15 is 0 Å². The molecule has 2 heterocycles. The molecule has 4 rings (SSSR count). The van der Waals surface area contributed by atoms with Gasteiger partial charge in [-0.2, -0.15) is 13.2 Å². The van der Waals surface area contributed by atoms with E-state index in [0.717, 1.165) is 23.5 Å². The van der Waals surface area contributed by atoms with E-state index in [1.807, 2.05) is 0 Å². The van der Waals surface area contributed by atoms with Crippen LogP contribution < -0.4 is 10.6 Å². The van der Waals surface area contributed by atoms with E-state index in [1.165, 1.54) is 41.3 Å². The first-order valence-corrected chi connectivity index (χ1v) is 10.7. The van der Waals surface area contributed by atoms with Gasteiger partial charge < -0.3 is 15.5 Å². The lowest BCUT2D eigenvalue weighted by molar-refractivity contribution is -0.136. The first kappa shape index (κ1) is 22.6. The van der Waals surface area contributed by atoms with Gasteiger partial charge in [0.2, 0.25) is 5.01 Å². The predicted octanol–water partition coefficient (Wildman–Crippen LogP) is 5.32. The van der Waals surface area contributed by atoms with Gasteiger partial charge in [0.15, 0.2) is 0 Å². The van der Waals surface area contributed by atoms with Crippen molar-refractivity contribution in [3.63, 3.8) is 0 Å². The third kappa shape index (κ3) is 5.11. The number of anilines is 2. The van der Waals surface area contributed by atoms with Gasteiger partial charge in [0.1, 0.15) is 10.8 Å². The molecule has 0 saturated carbocycles. The minimum Gasteiger partial charge on any atom is -0.320 e. The molecule has 2 aromatic carbocycles. The Kier molecular flexibility index (Phi) is 6.27. The normalized spacial score (nSPS) is 16.0. The summed E-state index contributed by atoms with van der Waals surface area (Å²) >= 11 is 0.967. The van der Waals surface area contributed by atoms with E-state index in [2.05, 4.69) is 20.8 Å². The third-order valence-electron chi connectivity index (χ3n) is 4.99. The summed E-state index contributed by atoms with van der Waals surface area (Å²) in [6.07, 6.45) is -3.48. The summed E-state index contributed by atoms with van der Waals surface area (Å²) in [4.78, 5) is 26.6. The van der Waals surface area contributed by atoms with Gasteiger partial charge >= 0.3 is 12.2 Å². The van der Waals surface area contributed by atoms with Gasteiger partial charge in [0, 0.05) is 12.2 Å². The molecule has 33 heavy (non-hydrogen) atoms. The molecule has 1 fully saturated rings. The molecule has 0 radical (unpaired) electrons. The van der Waals surface area contributed by atoms with Crippen LogP contribution in [0.25, 0.3) is 0 Å². The molecular weight excluding hydrogens is 462 g/mol. The van der Waals surface area contributed by atoms with E-state index in [4.69, 9.17) is 0 Å². The van der Waals surface area contributed by atoms with Gasteiger partial charge in [-0.05, 0) is 43.2 Å². The first-order chi connectivity index (χ1) is 15.7. The van der Waals surface area contributed by atoms with Crippen LogP contribution in [0.15, 0.2) is 48.5 Å². The van der Waals surface area contributed by atoms with Crippen molar-refractivity contribution >= 4 is 34.6 Å². The highest BCUT2D eigenvalue weighted by Gasteiger charge is 2.36. The number of likely N-dealkylation sites (tertiary alicyclic amines) is 1. The van der Waals surface area contributed by atoms with Crippen LogP contribution in [0.5, 0.6) is 0 Å². The average Bonchev–Trinajstić information content (AvgIpc) is 3.43. The predicted molar refractivity (Wildman–Crippen MR) is 113 cm³/mol. The minimum atomic E-state index is -4.61. The average molecular weight is 479 g/mol. The van der Waals surface area contributed by atoms with Crippen molar-refractivity contribution in [2.45, 2.75) is 25.1 Å². The monoisotopic (exact) mass is 479 g/mol. The molecule has 172 valence electrons.